The van der Waals surface area contributed by atoms with Crippen LogP contribution in [0.3, 0.4) is 0 Å². The second-order valence-electron chi connectivity index (χ2n) is 7.13. The summed E-state index contributed by atoms with van der Waals surface area (Å²) < 4.78 is 10.6. The highest BCUT2D eigenvalue weighted by Gasteiger charge is 2.36. The molecular weight excluding hydrogens is 338 g/mol. The molecule has 0 spiro atoms. The van der Waals surface area contributed by atoms with Crippen molar-refractivity contribution in [1.29, 1.82) is 0 Å². The Morgan fingerprint density at radius 3 is 2.96 bits per heavy atom. The van der Waals surface area contributed by atoms with Crippen molar-refractivity contribution >= 4 is 12.0 Å². The average Bonchev–Trinajstić information content (AvgIpc) is 3.30. The van der Waals surface area contributed by atoms with E-state index in [0.717, 1.165) is 6.42 Å². The average molecular weight is 361 g/mol. The molecule has 1 atom stereocenters. The number of ether oxygens (including phenoxy) is 1. The normalized spacial score (nSPS) is 17.3. The van der Waals surface area contributed by atoms with Crippen molar-refractivity contribution in [1.82, 2.24) is 25.4 Å². The fourth-order valence-corrected chi connectivity index (χ4v) is 2.76. The minimum absolute atomic E-state index is 0.186. The topological polar surface area (TPSA) is 113 Å². The lowest BCUT2D eigenvalue weighted by atomic mass is 10.2. The number of rotatable bonds is 4. The summed E-state index contributed by atoms with van der Waals surface area (Å²) in [4.78, 5) is 30.5. The summed E-state index contributed by atoms with van der Waals surface area (Å²) in [5, 5.41) is 9.61. The van der Waals surface area contributed by atoms with Crippen molar-refractivity contribution < 1.29 is 18.7 Å². The fraction of sp³-hybridized carbons (Fsp3) is 0.529. The van der Waals surface area contributed by atoms with Crippen molar-refractivity contribution in [2.75, 3.05) is 6.54 Å². The molecule has 2 aromatic heterocycles. The van der Waals surface area contributed by atoms with Crippen LogP contribution < -0.4 is 5.32 Å². The minimum Gasteiger partial charge on any atom is -0.461 e. The predicted octanol–water partition coefficient (Wildman–Crippen LogP) is 2.08. The summed E-state index contributed by atoms with van der Waals surface area (Å²) in [6.07, 6.45) is 2.45. The maximum Gasteiger partial charge on any atom is 0.410 e. The molecule has 2 N–H and O–H groups in total. The smallest absolute Gasteiger partial charge is 0.410 e. The van der Waals surface area contributed by atoms with Gasteiger partial charge >= 0.3 is 6.09 Å². The first-order chi connectivity index (χ1) is 12.3. The van der Waals surface area contributed by atoms with Crippen LogP contribution in [0.15, 0.2) is 22.8 Å². The number of carbonyl (C=O) groups is 2. The van der Waals surface area contributed by atoms with Crippen molar-refractivity contribution in [3.63, 3.8) is 0 Å². The predicted molar refractivity (Wildman–Crippen MR) is 91.9 cm³/mol. The van der Waals surface area contributed by atoms with Gasteiger partial charge in [-0.3, -0.25) is 14.8 Å². The molecule has 0 saturated carbocycles. The number of aromatic nitrogens is 3. The summed E-state index contributed by atoms with van der Waals surface area (Å²) in [6.45, 7) is 6.10. The van der Waals surface area contributed by atoms with Crippen LogP contribution >= 0.6 is 0 Å². The second kappa shape index (κ2) is 7.19. The molecule has 0 aliphatic carbocycles. The highest BCUT2D eigenvalue weighted by Crippen LogP contribution is 2.21. The third-order valence-electron chi connectivity index (χ3n) is 3.89. The Morgan fingerprint density at radius 1 is 1.46 bits per heavy atom. The van der Waals surface area contributed by atoms with E-state index in [1.165, 1.54) is 4.90 Å². The molecule has 1 unspecified atom stereocenters. The van der Waals surface area contributed by atoms with Gasteiger partial charge < -0.3 is 14.5 Å². The van der Waals surface area contributed by atoms with Crippen molar-refractivity contribution in [2.24, 2.45) is 0 Å². The standard InChI is InChI=1S/C17H23N5O4/c1-17(2,3)26-16(24)22-8-4-6-11(22)15(23)18-10-13-19-14(21-20-13)12-7-5-9-25-12/h5,7,9,11H,4,6,8,10H2,1-3H3,(H,18,23)(H,19,20,21). The SMILES string of the molecule is CC(C)(C)OC(=O)N1CCCC1C(=O)NCc1nc(-c2ccco2)n[nH]1. The van der Waals surface area contributed by atoms with Gasteiger partial charge in [-0.2, -0.15) is 0 Å². The van der Waals surface area contributed by atoms with Crippen LogP contribution in [-0.4, -0.2) is 50.3 Å². The maximum absolute atomic E-state index is 12.5. The van der Waals surface area contributed by atoms with Crippen LogP contribution in [0.5, 0.6) is 0 Å². The number of H-pyrrole nitrogens is 1. The van der Waals surface area contributed by atoms with Gasteiger partial charge in [0.2, 0.25) is 11.7 Å². The van der Waals surface area contributed by atoms with Crippen LogP contribution in [-0.2, 0) is 16.1 Å². The van der Waals surface area contributed by atoms with Crippen molar-refractivity contribution in [2.45, 2.75) is 51.8 Å². The van der Waals surface area contributed by atoms with Crippen LogP contribution in [0.2, 0.25) is 0 Å². The molecule has 1 fully saturated rings. The highest BCUT2D eigenvalue weighted by atomic mass is 16.6. The van der Waals surface area contributed by atoms with E-state index in [4.69, 9.17) is 9.15 Å². The molecule has 0 aromatic carbocycles. The van der Waals surface area contributed by atoms with Gasteiger partial charge in [-0.15, -0.1) is 5.10 Å². The molecule has 3 heterocycles. The molecular formula is C17H23N5O4. The Labute approximate surface area is 151 Å². The number of hydrogen-bond donors (Lipinski definition) is 2. The number of likely N-dealkylation sites (tertiary alicyclic amines) is 1. The van der Waals surface area contributed by atoms with Gasteiger partial charge in [0.05, 0.1) is 12.8 Å². The molecule has 2 aromatic rings. The van der Waals surface area contributed by atoms with Crippen molar-refractivity contribution in [3.8, 4) is 11.6 Å². The number of amides is 2. The van der Waals surface area contributed by atoms with E-state index in [2.05, 4.69) is 20.5 Å². The monoisotopic (exact) mass is 361 g/mol. The Bertz CT molecular complexity index is 762. The van der Waals surface area contributed by atoms with E-state index in [9.17, 15) is 9.59 Å². The Hall–Kier alpha value is -2.84. The first-order valence-electron chi connectivity index (χ1n) is 8.56. The number of furan rings is 1. The van der Waals surface area contributed by atoms with Gasteiger partial charge in [0.15, 0.2) is 5.76 Å². The van der Waals surface area contributed by atoms with E-state index in [1.807, 2.05) is 0 Å². The summed E-state index contributed by atoms with van der Waals surface area (Å²) in [7, 11) is 0. The number of carbonyl (C=O) groups excluding carboxylic acids is 2. The van der Waals surface area contributed by atoms with Gasteiger partial charge in [-0.1, -0.05) is 0 Å². The highest BCUT2D eigenvalue weighted by molar-refractivity contribution is 5.86. The van der Waals surface area contributed by atoms with E-state index >= 15 is 0 Å². The quantitative estimate of drug-likeness (QED) is 0.862. The van der Waals surface area contributed by atoms with E-state index in [-0.39, 0.29) is 12.5 Å². The summed E-state index contributed by atoms with van der Waals surface area (Å²) in [5.74, 6) is 1.25. The van der Waals surface area contributed by atoms with Gasteiger partial charge in [0.1, 0.15) is 17.5 Å². The molecule has 26 heavy (non-hydrogen) atoms. The van der Waals surface area contributed by atoms with Crippen LogP contribution in [0.1, 0.15) is 39.4 Å². The van der Waals surface area contributed by atoms with Gasteiger partial charge in [-0.05, 0) is 45.7 Å². The lowest BCUT2D eigenvalue weighted by molar-refractivity contribution is -0.125. The molecule has 1 saturated heterocycles. The van der Waals surface area contributed by atoms with E-state index < -0.39 is 17.7 Å². The largest absolute Gasteiger partial charge is 0.461 e. The molecule has 9 nitrogen and oxygen atoms in total. The summed E-state index contributed by atoms with van der Waals surface area (Å²) >= 11 is 0. The van der Waals surface area contributed by atoms with Crippen LogP contribution in [0.4, 0.5) is 4.79 Å². The number of hydrogen-bond acceptors (Lipinski definition) is 6. The lowest BCUT2D eigenvalue weighted by Gasteiger charge is -2.27. The number of aromatic amines is 1. The second-order valence-corrected chi connectivity index (χ2v) is 7.13. The van der Waals surface area contributed by atoms with Crippen LogP contribution in [0.25, 0.3) is 11.6 Å². The van der Waals surface area contributed by atoms with Gasteiger partial charge in [0, 0.05) is 6.54 Å². The molecule has 3 rings (SSSR count). The van der Waals surface area contributed by atoms with Gasteiger partial charge in [-0.25, -0.2) is 9.78 Å². The molecule has 1 aliphatic rings. The zero-order valence-corrected chi connectivity index (χ0v) is 15.1. The summed E-state index contributed by atoms with van der Waals surface area (Å²) in [6, 6.07) is 2.97. The molecule has 140 valence electrons. The Morgan fingerprint density at radius 2 is 2.27 bits per heavy atom. The molecule has 1 aliphatic heterocycles. The minimum atomic E-state index is -0.594. The molecule has 0 radical (unpaired) electrons. The maximum atomic E-state index is 12.5. The first-order valence-corrected chi connectivity index (χ1v) is 8.56. The fourth-order valence-electron chi connectivity index (χ4n) is 2.76. The van der Waals surface area contributed by atoms with Gasteiger partial charge in [0.25, 0.3) is 0 Å². The lowest BCUT2D eigenvalue weighted by Crippen LogP contribution is -2.47. The zero-order chi connectivity index (χ0) is 18.7. The number of nitrogens with zero attached hydrogens (tertiary/aromatic N) is 3. The van der Waals surface area contributed by atoms with E-state index in [0.29, 0.717) is 30.4 Å². The Kier molecular flexibility index (Phi) is 4.97. The summed E-state index contributed by atoms with van der Waals surface area (Å²) in [5.41, 5.74) is -0.594. The Balaban J connectivity index is 1.56. The molecule has 9 heteroatoms. The van der Waals surface area contributed by atoms with Crippen molar-refractivity contribution in [3.05, 3.63) is 24.2 Å². The molecule has 0 bridgehead atoms. The van der Waals surface area contributed by atoms with E-state index in [1.54, 1.807) is 39.2 Å². The third-order valence-corrected chi connectivity index (χ3v) is 3.89. The third kappa shape index (κ3) is 4.22. The molecule has 2 amide bonds. The van der Waals surface area contributed by atoms with Crippen LogP contribution in [0, 0.1) is 0 Å². The number of nitrogens with one attached hydrogen (secondary N) is 2. The zero-order valence-electron chi connectivity index (χ0n) is 15.1. The first kappa shape index (κ1) is 18.0.